The summed E-state index contributed by atoms with van der Waals surface area (Å²) in [7, 11) is 1.66. The molecule has 4 nitrogen and oxygen atoms in total. The molecular formula is C15H19N3O. The zero-order valence-electron chi connectivity index (χ0n) is 11.2. The maximum Gasteiger partial charge on any atom is 0.121 e. The maximum atomic E-state index is 9.28. The van der Waals surface area contributed by atoms with Crippen LogP contribution in [0.4, 0.5) is 5.69 Å². The first kappa shape index (κ1) is 12.3. The van der Waals surface area contributed by atoms with Gasteiger partial charge in [0.15, 0.2) is 0 Å². The van der Waals surface area contributed by atoms with E-state index in [0.29, 0.717) is 12.1 Å². The Kier molecular flexibility index (Phi) is 3.31. The maximum absolute atomic E-state index is 9.28. The van der Waals surface area contributed by atoms with Gasteiger partial charge in [0.2, 0.25) is 0 Å². The van der Waals surface area contributed by atoms with Crippen LogP contribution in [0, 0.1) is 11.3 Å². The van der Waals surface area contributed by atoms with Crippen LogP contribution in [0.15, 0.2) is 18.2 Å². The first-order valence-electron chi connectivity index (χ1n) is 6.89. The van der Waals surface area contributed by atoms with Gasteiger partial charge in [0.1, 0.15) is 11.8 Å². The zero-order valence-corrected chi connectivity index (χ0v) is 11.2. The Bertz CT molecular complexity index is 509. The Hall–Kier alpha value is -1.73. The normalized spacial score (nSPS) is 25.8. The highest BCUT2D eigenvalue weighted by Crippen LogP contribution is 2.29. The predicted molar refractivity (Wildman–Crippen MR) is 74.5 cm³/mol. The molecule has 2 heterocycles. The summed E-state index contributed by atoms with van der Waals surface area (Å²) in [6, 6.07) is 9.20. The monoisotopic (exact) mass is 257 g/mol. The number of nitrogens with zero attached hydrogens (tertiary/aromatic N) is 2. The van der Waals surface area contributed by atoms with Crippen molar-refractivity contribution in [3.8, 4) is 11.8 Å². The number of fused-ring (bicyclic) bond motifs is 2. The Morgan fingerprint density at radius 3 is 2.95 bits per heavy atom. The van der Waals surface area contributed by atoms with Crippen molar-refractivity contribution in [1.29, 1.82) is 5.26 Å². The zero-order chi connectivity index (χ0) is 13.2. The molecule has 2 saturated heterocycles. The van der Waals surface area contributed by atoms with Crippen LogP contribution in [-0.4, -0.2) is 32.3 Å². The number of rotatable bonds is 2. The summed E-state index contributed by atoms with van der Waals surface area (Å²) in [4.78, 5) is 2.33. The Balaban J connectivity index is 1.90. The summed E-state index contributed by atoms with van der Waals surface area (Å²) in [5.74, 6) is 0.816. The topological polar surface area (TPSA) is 48.3 Å². The molecule has 1 aromatic carbocycles. The standard InChI is InChI=1S/C15H19N3O/c1-19-14-5-2-11(9-16)15(8-14)18-7-6-12-3-4-13(10-18)17-12/h2,5,8,12-13,17H,3-4,6-7,10H2,1H3. The molecule has 1 aromatic rings. The van der Waals surface area contributed by atoms with Gasteiger partial charge in [-0.3, -0.25) is 0 Å². The number of benzene rings is 1. The first-order chi connectivity index (χ1) is 9.30. The van der Waals surface area contributed by atoms with E-state index in [-0.39, 0.29) is 0 Å². The lowest BCUT2D eigenvalue weighted by atomic mass is 10.1. The third-order valence-electron chi connectivity index (χ3n) is 4.19. The van der Waals surface area contributed by atoms with Gasteiger partial charge in [0, 0.05) is 31.2 Å². The van der Waals surface area contributed by atoms with E-state index in [0.717, 1.165) is 36.5 Å². The molecule has 0 saturated carbocycles. The first-order valence-corrected chi connectivity index (χ1v) is 6.89. The number of hydrogen-bond acceptors (Lipinski definition) is 4. The summed E-state index contributed by atoms with van der Waals surface area (Å²) < 4.78 is 5.29. The molecular weight excluding hydrogens is 238 g/mol. The molecule has 2 bridgehead atoms. The smallest absolute Gasteiger partial charge is 0.121 e. The van der Waals surface area contributed by atoms with Gasteiger partial charge in [0.25, 0.3) is 0 Å². The number of anilines is 1. The second kappa shape index (κ2) is 5.10. The van der Waals surface area contributed by atoms with E-state index in [4.69, 9.17) is 4.74 Å². The molecule has 1 N–H and O–H groups in total. The van der Waals surface area contributed by atoms with Crippen LogP contribution in [-0.2, 0) is 0 Å². The molecule has 4 heteroatoms. The van der Waals surface area contributed by atoms with E-state index in [2.05, 4.69) is 16.3 Å². The Morgan fingerprint density at radius 1 is 1.32 bits per heavy atom. The fourth-order valence-electron chi connectivity index (χ4n) is 3.16. The van der Waals surface area contributed by atoms with Gasteiger partial charge in [0.05, 0.1) is 18.4 Å². The molecule has 2 aliphatic rings. The Morgan fingerprint density at radius 2 is 2.16 bits per heavy atom. The van der Waals surface area contributed by atoms with Crippen LogP contribution >= 0.6 is 0 Å². The fraction of sp³-hybridized carbons (Fsp3) is 0.533. The SMILES string of the molecule is COc1ccc(C#N)c(N2CCC3CCC(C2)N3)c1. The largest absolute Gasteiger partial charge is 0.497 e. The minimum Gasteiger partial charge on any atom is -0.497 e. The summed E-state index contributed by atoms with van der Waals surface area (Å²) in [5.41, 5.74) is 1.75. The van der Waals surface area contributed by atoms with Gasteiger partial charge in [-0.05, 0) is 31.4 Å². The van der Waals surface area contributed by atoms with Crippen LogP contribution in [0.1, 0.15) is 24.8 Å². The van der Waals surface area contributed by atoms with Gasteiger partial charge >= 0.3 is 0 Å². The number of methoxy groups -OCH3 is 1. The average molecular weight is 257 g/mol. The summed E-state index contributed by atoms with van der Waals surface area (Å²) in [6.07, 6.45) is 3.69. The molecule has 2 atom stereocenters. The van der Waals surface area contributed by atoms with Gasteiger partial charge in [-0.1, -0.05) is 0 Å². The van der Waals surface area contributed by atoms with E-state index in [1.54, 1.807) is 7.11 Å². The predicted octanol–water partition coefficient (Wildman–Crippen LogP) is 1.90. The lowest BCUT2D eigenvalue weighted by molar-refractivity contribution is 0.414. The van der Waals surface area contributed by atoms with Crippen molar-refractivity contribution in [3.63, 3.8) is 0 Å². The number of nitrogens with one attached hydrogen (secondary N) is 1. The lowest BCUT2D eigenvalue weighted by Gasteiger charge is -2.27. The fourth-order valence-corrected chi connectivity index (χ4v) is 3.16. The molecule has 0 amide bonds. The minimum absolute atomic E-state index is 0.560. The second-order valence-electron chi connectivity index (χ2n) is 5.37. The number of nitriles is 1. The van der Waals surface area contributed by atoms with Gasteiger partial charge in [-0.15, -0.1) is 0 Å². The molecule has 19 heavy (non-hydrogen) atoms. The summed E-state index contributed by atoms with van der Waals surface area (Å²) in [6.45, 7) is 1.99. The third kappa shape index (κ3) is 2.39. The van der Waals surface area contributed by atoms with Crippen molar-refractivity contribution in [2.75, 3.05) is 25.1 Å². The highest BCUT2D eigenvalue weighted by Gasteiger charge is 2.30. The van der Waals surface area contributed by atoms with Crippen LogP contribution < -0.4 is 15.0 Å². The van der Waals surface area contributed by atoms with Gasteiger partial charge in [-0.25, -0.2) is 0 Å². The van der Waals surface area contributed by atoms with E-state index >= 15 is 0 Å². The van der Waals surface area contributed by atoms with Crippen LogP contribution in [0.5, 0.6) is 5.75 Å². The molecule has 2 aliphatic heterocycles. The van der Waals surface area contributed by atoms with Crippen molar-refractivity contribution < 1.29 is 4.74 Å². The second-order valence-corrected chi connectivity index (χ2v) is 5.37. The third-order valence-corrected chi connectivity index (χ3v) is 4.19. The average Bonchev–Trinajstić information content (AvgIpc) is 2.77. The minimum atomic E-state index is 0.560. The van der Waals surface area contributed by atoms with Crippen molar-refractivity contribution >= 4 is 5.69 Å². The number of ether oxygens (including phenoxy) is 1. The quantitative estimate of drug-likeness (QED) is 0.879. The van der Waals surface area contributed by atoms with Crippen molar-refractivity contribution in [2.45, 2.75) is 31.3 Å². The number of hydrogen-bond donors (Lipinski definition) is 1. The van der Waals surface area contributed by atoms with E-state index < -0.39 is 0 Å². The molecule has 3 rings (SSSR count). The molecule has 2 fully saturated rings. The Labute approximate surface area is 114 Å². The van der Waals surface area contributed by atoms with Crippen molar-refractivity contribution in [1.82, 2.24) is 5.32 Å². The summed E-state index contributed by atoms with van der Waals surface area (Å²) in [5, 5.41) is 12.9. The van der Waals surface area contributed by atoms with Gasteiger partial charge in [-0.2, -0.15) is 5.26 Å². The van der Waals surface area contributed by atoms with E-state index in [9.17, 15) is 5.26 Å². The van der Waals surface area contributed by atoms with E-state index in [1.807, 2.05) is 18.2 Å². The van der Waals surface area contributed by atoms with Crippen molar-refractivity contribution in [3.05, 3.63) is 23.8 Å². The summed E-state index contributed by atoms with van der Waals surface area (Å²) >= 11 is 0. The van der Waals surface area contributed by atoms with Crippen LogP contribution in [0.2, 0.25) is 0 Å². The van der Waals surface area contributed by atoms with E-state index in [1.165, 1.54) is 12.8 Å². The lowest BCUT2D eigenvalue weighted by Crippen LogP contribution is -2.35. The molecule has 0 aliphatic carbocycles. The molecule has 100 valence electrons. The van der Waals surface area contributed by atoms with Gasteiger partial charge < -0.3 is 15.0 Å². The molecule has 0 spiro atoms. The molecule has 0 aromatic heterocycles. The van der Waals surface area contributed by atoms with Crippen molar-refractivity contribution in [2.24, 2.45) is 0 Å². The molecule has 2 unspecified atom stereocenters. The highest BCUT2D eigenvalue weighted by molar-refractivity contribution is 5.62. The van der Waals surface area contributed by atoms with Crippen LogP contribution in [0.25, 0.3) is 0 Å². The molecule has 0 radical (unpaired) electrons. The highest BCUT2D eigenvalue weighted by atomic mass is 16.5. The van der Waals surface area contributed by atoms with Crippen LogP contribution in [0.3, 0.4) is 0 Å².